The van der Waals surface area contributed by atoms with E-state index >= 15 is 0 Å². The molecule has 6 heteroatoms. The summed E-state index contributed by atoms with van der Waals surface area (Å²) < 4.78 is 16.2. The molecule has 3 aromatic rings. The van der Waals surface area contributed by atoms with Crippen LogP contribution in [0.25, 0.3) is 11.3 Å². The molecule has 0 aliphatic heterocycles. The molecule has 0 unspecified atom stereocenters. The molecule has 0 aliphatic carbocycles. The highest BCUT2D eigenvalue weighted by molar-refractivity contribution is 5.62. The molecule has 0 spiro atoms. The van der Waals surface area contributed by atoms with Crippen LogP contribution in [-0.4, -0.2) is 19.2 Å². The van der Waals surface area contributed by atoms with Gasteiger partial charge in [0.2, 0.25) is 0 Å². The van der Waals surface area contributed by atoms with E-state index < -0.39 is 0 Å². The lowest BCUT2D eigenvalue weighted by molar-refractivity contribution is 0.394. The zero-order valence-corrected chi connectivity index (χ0v) is 13.2. The van der Waals surface area contributed by atoms with Crippen molar-refractivity contribution in [2.45, 2.75) is 0 Å². The Bertz CT molecular complexity index is 857. The fourth-order valence-electron chi connectivity index (χ4n) is 2.18. The normalized spacial score (nSPS) is 10.0. The third kappa shape index (κ3) is 3.31. The first-order chi connectivity index (χ1) is 11.7. The van der Waals surface area contributed by atoms with Gasteiger partial charge in [0.25, 0.3) is 6.01 Å². The molecule has 0 saturated carbocycles. The van der Waals surface area contributed by atoms with Crippen molar-refractivity contribution < 1.29 is 13.9 Å². The Morgan fingerprint density at radius 1 is 1.04 bits per heavy atom. The molecular weight excluding hydrogens is 306 g/mol. The maximum Gasteiger partial charge on any atom is 0.299 e. The topological polar surface area (TPSA) is 80.3 Å². The highest BCUT2D eigenvalue weighted by atomic mass is 16.5. The Hall–Kier alpha value is -3.46. The van der Waals surface area contributed by atoms with Crippen LogP contribution in [0.3, 0.4) is 0 Å². The number of nitriles is 1. The van der Waals surface area contributed by atoms with Crippen molar-refractivity contribution in [1.82, 2.24) is 4.98 Å². The lowest BCUT2D eigenvalue weighted by Crippen LogP contribution is -1.93. The summed E-state index contributed by atoms with van der Waals surface area (Å²) in [6, 6.07) is 14.9. The smallest absolute Gasteiger partial charge is 0.299 e. The van der Waals surface area contributed by atoms with E-state index in [0.29, 0.717) is 28.8 Å². The van der Waals surface area contributed by atoms with Crippen molar-refractivity contribution in [2.24, 2.45) is 0 Å². The molecule has 0 bridgehead atoms. The molecule has 120 valence electrons. The number of hydrogen-bond donors (Lipinski definition) is 1. The Labute approximate surface area is 139 Å². The van der Waals surface area contributed by atoms with Crippen molar-refractivity contribution in [3.63, 3.8) is 0 Å². The van der Waals surface area contributed by atoms with Gasteiger partial charge in [0, 0.05) is 29.4 Å². The van der Waals surface area contributed by atoms with Gasteiger partial charge in [-0.1, -0.05) is 0 Å². The summed E-state index contributed by atoms with van der Waals surface area (Å²) in [5.74, 6) is 1.93. The van der Waals surface area contributed by atoms with Crippen molar-refractivity contribution in [1.29, 1.82) is 5.26 Å². The molecular formula is C18H15N3O3. The second kappa shape index (κ2) is 6.75. The summed E-state index contributed by atoms with van der Waals surface area (Å²) in [7, 11) is 3.18. The summed E-state index contributed by atoms with van der Waals surface area (Å²) in [6.07, 6.45) is 1.63. The van der Waals surface area contributed by atoms with Crippen LogP contribution >= 0.6 is 0 Å². The number of oxazole rings is 1. The molecule has 1 aromatic heterocycles. The lowest BCUT2D eigenvalue weighted by atomic mass is 10.1. The highest BCUT2D eigenvalue weighted by Gasteiger charge is 2.08. The van der Waals surface area contributed by atoms with E-state index in [4.69, 9.17) is 19.2 Å². The Morgan fingerprint density at radius 2 is 1.71 bits per heavy atom. The van der Waals surface area contributed by atoms with E-state index in [-0.39, 0.29) is 0 Å². The Balaban J connectivity index is 1.82. The van der Waals surface area contributed by atoms with Gasteiger partial charge in [0.15, 0.2) is 5.76 Å². The molecule has 1 heterocycles. The van der Waals surface area contributed by atoms with Crippen LogP contribution in [0, 0.1) is 11.3 Å². The molecule has 0 atom stereocenters. The highest BCUT2D eigenvalue weighted by Crippen LogP contribution is 2.29. The average molecular weight is 321 g/mol. The summed E-state index contributed by atoms with van der Waals surface area (Å²) in [4.78, 5) is 4.22. The van der Waals surface area contributed by atoms with E-state index in [0.717, 1.165) is 11.3 Å². The van der Waals surface area contributed by atoms with Gasteiger partial charge in [-0.05, 0) is 24.3 Å². The molecule has 0 saturated heterocycles. The fourth-order valence-corrected chi connectivity index (χ4v) is 2.18. The molecule has 0 amide bonds. The number of hydrogen-bond acceptors (Lipinski definition) is 6. The van der Waals surface area contributed by atoms with E-state index in [1.54, 1.807) is 38.6 Å². The van der Waals surface area contributed by atoms with E-state index in [2.05, 4.69) is 16.4 Å². The summed E-state index contributed by atoms with van der Waals surface area (Å²) >= 11 is 0. The monoisotopic (exact) mass is 321 g/mol. The van der Waals surface area contributed by atoms with Crippen LogP contribution in [0.15, 0.2) is 53.1 Å². The van der Waals surface area contributed by atoms with E-state index in [9.17, 15) is 0 Å². The predicted molar refractivity (Wildman–Crippen MR) is 89.5 cm³/mol. The zero-order chi connectivity index (χ0) is 16.9. The minimum absolute atomic E-state index is 0.352. The minimum atomic E-state index is 0.352. The third-order valence-corrected chi connectivity index (χ3v) is 3.41. The molecule has 2 aromatic carbocycles. The van der Waals surface area contributed by atoms with Gasteiger partial charge in [-0.15, -0.1) is 0 Å². The maximum atomic E-state index is 8.84. The number of anilines is 2. The second-order valence-electron chi connectivity index (χ2n) is 4.95. The van der Waals surface area contributed by atoms with Crippen LogP contribution in [0.2, 0.25) is 0 Å². The van der Waals surface area contributed by atoms with Crippen LogP contribution in [0.1, 0.15) is 5.56 Å². The van der Waals surface area contributed by atoms with Crippen molar-refractivity contribution in [2.75, 3.05) is 19.5 Å². The quantitative estimate of drug-likeness (QED) is 0.765. The molecule has 0 aliphatic rings. The molecule has 24 heavy (non-hydrogen) atoms. The summed E-state index contributed by atoms with van der Waals surface area (Å²) in [5.41, 5.74) is 2.18. The van der Waals surface area contributed by atoms with Crippen LogP contribution in [-0.2, 0) is 0 Å². The fraction of sp³-hybridized carbons (Fsp3) is 0.111. The number of ether oxygens (including phenoxy) is 2. The standard InChI is InChI=1S/C18H15N3O3/c1-22-15-7-14(8-16(9-15)23-2)21-18-20-11-17(24-18)13-5-3-12(10-19)4-6-13/h3-9,11H,1-2H3,(H,20,21). The predicted octanol–water partition coefficient (Wildman–Crippen LogP) is 3.97. The first kappa shape index (κ1) is 15.4. The molecule has 3 rings (SSSR count). The second-order valence-corrected chi connectivity index (χ2v) is 4.95. The number of nitrogens with one attached hydrogen (secondary N) is 1. The van der Waals surface area contributed by atoms with Gasteiger partial charge in [0.05, 0.1) is 32.0 Å². The Kier molecular flexibility index (Phi) is 4.34. The SMILES string of the molecule is COc1cc(Nc2ncc(-c3ccc(C#N)cc3)o2)cc(OC)c1. The average Bonchev–Trinajstić information content (AvgIpc) is 3.09. The van der Waals surface area contributed by atoms with Crippen LogP contribution in [0.5, 0.6) is 11.5 Å². The van der Waals surface area contributed by atoms with Crippen LogP contribution in [0.4, 0.5) is 11.7 Å². The third-order valence-electron chi connectivity index (χ3n) is 3.41. The molecule has 1 N–H and O–H groups in total. The Morgan fingerprint density at radius 3 is 2.29 bits per heavy atom. The molecule has 0 radical (unpaired) electrons. The van der Waals surface area contributed by atoms with Crippen molar-refractivity contribution in [3.8, 4) is 28.9 Å². The van der Waals surface area contributed by atoms with Gasteiger partial charge in [0.1, 0.15) is 11.5 Å². The zero-order valence-electron chi connectivity index (χ0n) is 13.2. The molecule has 0 fully saturated rings. The maximum absolute atomic E-state index is 8.84. The van der Waals surface area contributed by atoms with Gasteiger partial charge in [-0.3, -0.25) is 0 Å². The van der Waals surface area contributed by atoms with Gasteiger partial charge >= 0.3 is 0 Å². The van der Waals surface area contributed by atoms with E-state index in [1.165, 1.54) is 0 Å². The van der Waals surface area contributed by atoms with Gasteiger partial charge in [-0.2, -0.15) is 5.26 Å². The summed E-state index contributed by atoms with van der Waals surface area (Å²) in [6.45, 7) is 0. The minimum Gasteiger partial charge on any atom is -0.497 e. The largest absolute Gasteiger partial charge is 0.497 e. The van der Waals surface area contributed by atoms with Gasteiger partial charge in [-0.25, -0.2) is 4.98 Å². The number of methoxy groups -OCH3 is 2. The number of aromatic nitrogens is 1. The molecule has 6 nitrogen and oxygen atoms in total. The van der Waals surface area contributed by atoms with Crippen LogP contribution < -0.4 is 14.8 Å². The number of benzene rings is 2. The number of rotatable bonds is 5. The number of nitrogens with zero attached hydrogens (tertiary/aromatic N) is 2. The van der Waals surface area contributed by atoms with Crippen molar-refractivity contribution in [3.05, 3.63) is 54.2 Å². The first-order valence-electron chi connectivity index (χ1n) is 7.18. The van der Waals surface area contributed by atoms with E-state index in [1.807, 2.05) is 24.3 Å². The summed E-state index contributed by atoms with van der Waals surface area (Å²) in [5, 5.41) is 11.9. The van der Waals surface area contributed by atoms with Gasteiger partial charge < -0.3 is 19.2 Å². The first-order valence-corrected chi connectivity index (χ1v) is 7.18. The van der Waals surface area contributed by atoms with Crippen molar-refractivity contribution >= 4 is 11.7 Å². The lowest BCUT2D eigenvalue weighted by Gasteiger charge is -2.08.